The van der Waals surface area contributed by atoms with Gasteiger partial charge in [0.2, 0.25) is 0 Å². The summed E-state index contributed by atoms with van der Waals surface area (Å²) >= 11 is 18.0. The zero-order valence-corrected chi connectivity index (χ0v) is 15.1. The van der Waals surface area contributed by atoms with E-state index in [-0.39, 0.29) is 0 Å². The second-order valence-corrected chi connectivity index (χ2v) is 8.31. The molecule has 3 heteroatoms. The molecule has 117 valence electrons. The van der Waals surface area contributed by atoms with Crippen LogP contribution in [-0.2, 0) is 12.8 Å². The Bertz CT molecular complexity index is 585. The van der Waals surface area contributed by atoms with Crippen LogP contribution in [0.2, 0.25) is 0 Å². The van der Waals surface area contributed by atoms with E-state index in [1.807, 2.05) is 24.3 Å². The first kappa shape index (κ1) is 17.7. The maximum absolute atomic E-state index is 6.01. The molecule has 2 aromatic rings. The van der Waals surface area contributed by atoms with Crippen LogP contribution in [0.15, 0.2) is 54.6 Å². The molecule has 0 saturated carbocycles. The van der Waals surface area contributed by atoms with Crippen molar-refractivity contribution in [1.29, 1.82) is 0 Å². The minimum atomic E-state index is -1.27. The van der Waals surface area contributed by atoms with Gasteiger partial charge in [-0.15, -0.1) is 0 Å². The van der Waals surface area contributed by atoms with Crippen molar-refractivity contribution in [3.05, 3.63) is 77.2 Å². The molecule has 0 N–H and O–H groups in total. The van der Waals surface area contributed by atoms with Crippen molar-refractivity contribution in [2.75, 3.05) is 0 Å². The van der Waals surface area contributed by atoms with Crippen LogP contribution in [0.1, 0.15) is 30.5 Å². The molecule has 0 amide bonds. The van der Waals surface area contributed by atoms with E-state index < -0.39 is 3.79 Å². The van der Waals surface area contributed by atoms with Crippen LogP contribution in [0, 0.1) is 11.8 Å². The van der Waals surface area contributed by atoms with Crippen molar-refractivity contribution in [3.8, 4) is 0 Å². The third kappa shape index (κ3) is 5.19. The Morgan fingerprint density at radius 2 is 1.50 bits per heavy atom. The Hall–Kier alpha value is -0.690. The van der Waals surface area contributed by atoms with Gasteiger partial charge >= 0.3 is 0 Å². The van der Waals surface area contributed by atoms with Crippen molar-refractivity contribution in [3.63, 3.8) is 0 Å². The van der Waals surface area contributed by atoms with E-state index >= 15 is 0 Å². The lowest BCUT2D eigenvalue weighted by Gasteiger charge is -2.25. The third-order valence-electron chi connectivity index (χ3n) is 3.69. The van der Waals surface area contributed by atoms with Crippen molar-refractivity contribution >= 4 is 34.8 Å². The van der Waals surface area contributed by atoms with Crippen LogP contribution >= 0.6 is 34.8 Å². The average molecular weight is 355 g/mol. The van der Waals surface area contributed by atoms with Gasteiger partial charge in [-0.1, -0.05) is 103 Å². The molecule has 22 heavy (non-hydrogen) atoms. The molecule has 2 aromatic carbocycles. The first-order valence-corrected chi connectivity index (χ1v) is 8.55. The lowest BCUT2D eigenvalue weighted by molar-refractivity contribution is 0.652. The first-order valence-electron chi connectivity index (χ1n) is 7.41. The maximum Gasteiger partial charge on any atom is 0.194 e. The van der Waals surface area contributed by atoms with Crippen LogP contribution in [-0.4, -0.2) is 3.79 Å². The molecule has 2 rings (SSSR count). The van der Waals surface area contributed by atoms with Gasteiger partial charge in [-0.2, -0.15) is 0 Å². The second-order valence-electron chi connectivity index (χ2n) is 5.79. The summed E-state index contributed by atoms with van der Waals surface area (Å²) in [7, 11) is 0. The number of rotatable bonds is 5. The summed E-state index contributed by atoms with van der Waals surface area (Å²) in [5.41, 5.74) is 3.59. The topological polar surface area (TPSA) is 0 Å². The molecule has 0 aliphatic rings. The number of halogens is 3. The molecule has 0 unspecified atom stereocenters. The van der Waals surface area contributed by atoms with E-state index in [9.17, 15) is 0 Å². The number of hydrogen-bond donors (Lipinski definition) is 0. The molecule has 0 heterocycles. The summed E-state index contributed by atoms with van der Waals surface area (Å²) in [5, 5.41) is 0. The lowest BCUT2D eigenvalue weighted by Crippen LogP contribution is -2.16. The largest absolute Gasteiger partial charge is 0.194 e. The van der Waals surface area contributed by atoms with Crippen LogP contribution in [0.25, 0.3) is 0 Å². The van der Waals surface area contributed by atoms with Gasteiger partial charge in [0.05, 0.1) is 0 Å². The van der Waals surface area contributed by atoms with E-state index in [2.05, 4.69) is 44.2 Å². The minimum Gasteiger partial charge on any atom is -0.0833 e. The molecular formula is C19H20Cl3. The molecule has 0 bridgehead atoms. The Balaban J connectivity index is 2.33. The lowest BCUT2D eigenvalue weighted by atomic mass is 9.81. The summed E-state index contributed by atoms with van der Waals surface area (Å²) in [6.07, 6.45) is 1.33. The standard InChI is InChI=1S/C19H20Cl3/c1-14(2)18(12-15-8-4-3-5-9-15)17-11-7-6-10-16(17)13-19(20,21)22/h3-11,14H,12-13H2,1-2H3. The fourth-order valence-corrected chi connectivity index (χ4v) is 3.06. The monoisotopic (exact) mass is 353 g/mol. The van der Waals surface area contributed by atoms with Crippen molar-refractivity contribution in [1.82, 2.24) is 0 Å². The van der Waals surface area contributed by atoms with Crippen LogP contribution < -0.4 is 0 Å². The van der Waals surface area contributed by atoms with Crippen LogP contribution in [0.3, 0.4) is 0 Å². The van der Waals surface area contributed by atoms with Gasteiger partial charge in [0, 0.05) is 12.3 Å². The fraction of sp³-hybridized carbons (Fsp3) is 0.316. The van der Waals surface area contributed by atoms with Gasteiger partial charge in [-0.25, -0.2) is 0 Å². The fourth-order valence-electron chi connectivity index (χ4n) is 2.63. The molecule has 0 spiro atoms. The zero-order valence-electron chi connectivity index (χ0n) is 12.8. The van der Waals surface area contributed by atoms with E-state index in [1.54, 1.807) is 0 Å². The number of alkyl halides is 3. The molecule has 0 atom stereocenters. The van der Waals surface area contributed by atoms with Crippen molar-refractivity contribution in [2.45, 2.75) is 30.5 Å². The predicted octanol–water partition coefficient (Wildman–Crippen LogP) is 6.42. The molecular weight excluding hydrogens is 335 g/mol. The van der Waals surface area contributed by atoms with E-state index in [0.717, 1.165) is 12.0 Å². The van der Waals surface area contributed by atoms with E-state index in [0.29, 0.717) is 12.3 Å². The van der Waals surface area contributed by atoms with Gasteiger partial charge in [-0.05, 0) is 29.0 Å². The highest BCUT2D eigenvalue weighted by molar-refractivity contribution is 6.67. The second kappa shape index (κ2) is 7.73. The molecule has 0 fully saturated rings. The SMILES string of the molecule is CC(C)[C](Cc1ccccc1)c1ccccc1CC(Cl)(Cl)Cl. The Labute approximate surface area is 148 Å². The molecule has 0 nitrogen and oxygen atoms in total. The van der Waals surface area contributed by atoms with E-state index in [4.69, 9.17) is 34.8 Å². The van der Waals surface area contributed by atoms with Gasteiger partial charge in [-0.3, -0.25) is 0 Å². The number of hydrogen-bond acceptors (Lipinski definition) is 0. The molecule has 0 aromatic heterocycles. The summed E-state index contributed by atoms with van der Waals surface area (Å²) in [4.78, 5) is 0. The normalized spacial score (nSPS) is 12.1. The highest BCUT2D eigenvalue weighted by atomic mass is 35.6. The van der Waals surface area contributed by atoms with Gasteiger partial charge in [0.25, 0.3) is 0 Å². The van der Waals surface area contributed by atoms with Gasteiger partial charge < -0.3 is 0 Å². The Kier molecular flexibility index (Phi) is 6.20. The van der Waals surface area contributed by atoms with Crippen molar-refractivity contribution < 1.29 is 0 Å². The minimum absolute atomic E-state index is 0.416. The summed E-state index contributed by atoms with van der Waals surface area (Å²) in [6, 6.07) is 18.7. The van der Waals surface area contributed by atoms with Gasteiger partial charge in [0.15, 0.2) is 3.79 Å². The quantitative estimate of drug-likeness (QED) is 0.543. The smallest absolute Gasteiger partial charge is 0.0833 e. The summed E-state index contributed by atoms with van der Waals surface area (Å²) in [5.74, 6) is 1.80. The summed E-state index contributed by atoms with van der Waals surface area (Å²) in [6.45, 7) is 4.43. The van der Waals surface area contributed by atoms with Gasteiger partial charge in [0.1, 0.15) is 0 Å². The number of benzene rings is 2. The molecule has 0 aliphatic carbocycles. The predicted molar refractivity (Wildman–Crippen MR) is 97.8 cm³/mol. The highest BCUT2D eigenvalue weighted by Crippen LogP contribution is 2.36. The van der Waals surface area contributed by atoms with Crippen LogP contribution in [0.4, 0.5) is 0 Å². The van der Waals surface area contributed by atoms with Crippen molar-refractivity contribution in [2.24, 2.45) is 5.92 Å². The first-order chi connectivity index (χ1) is 10.4. The molecule has 0 aliphatic heterocycles. The molecule has 1 radical (unpaired) electrons. The van der Waals surface area contributed by atoms with E-state index in [1.165, 1.54) is 17.0 Å². The zero-order chi connectivity index (χ0) is 16.2. The maximum atomic E-state index is 6.01. The molecule has 0 saturated heterocycles. The average Bonchev–Trinajstić information content (AvgIpc) is 2.45. The Morgan fingerprint density at radius 3 is 2.09 bits per heavy atom. The summed E-state index contributed by atoms with van der Waals surface area (Å²) < 4.78 is -1.27. The highest BCUT2D eigenvalue weighted by Gasteiger charge is 2.25. The third-order valence-corrected chi connectivity index (χ3v) is 4.09. The van der Waals surface area contributed by atoms with Crippen LogP contribution in [0.5, 0.6) is 0 Å². The Morgan fingerprint density at radius 1 is 0.909 bits per heavy atom.